The van der Waals surface area contributed by atoms with Gasteiger partial charge in [0.25, 0.3) is 0 Å². The highest BCUT2D eigenvalue weighted by atomic mass is 15.3. The van der Waals surface area contributed by atoms with Crippen LogP contribution in [0.15, 0.2) is 61.2 Å². The van der Waals surface area contributed by atoms with Gasteiger partial charge in [-0.05, 0) is 34.2 Å². The number of allylic oxidation sites excluding steroid dienone is 1. The van der Waals surface area contributed by atoms with Crippen LogP contribution in [-0.2, 0) is 6.54 Å². The minimum absolute atomic E-state index is 0.154. The van der Waals surface area contributed by atoms with E-state index in [4.69, 9.17) is 0 Å². The highest BCUT2D eigenvalue weighted by molar-refractivity contribution is 5.84. The molecule has 1 aromatic heterocycles. The molecule has 3 heteroatoms. The summed E-state index contributed by atoms with van der Waals surface area (Å²) in [6.45, 7) is 5.37. The van der Waals surface area contributed by atoms with Crippen molar-refractivity contribution in [2.45, 2.75) is 26.8 Å². The first-order valence-corrected chi connectivity index (χ1v) is 7.60. The van der Waals surface area contributed by atoms with Crippen LogP contribution in [-0.4, -0.2) is 14.8 Å². The lowest BCUT2D eigenvalue weighted by molar-refractivity contribution is 0.294. The summed E-state index contributed by atoms with van der Waals surface area (Å²) in [4.78, 5) is 4.00. The molecule has 0 spiro atoms. The minimum atomic E-state index is 0.154. The molecule has 0 aliphatic carbocycles. The van der Waals surface area contributed by atoms with Gasteiger partial charge in [-0.3, -0.25) is 4.68 Å². The number of hydrogen-bond donors (Lipinski definition) is 0. The molecule has 0 aliphatic rings. The average Bonchev–Trinajstić information content (AvgIpc) is 2.99. The van der Waals surface area contributed by atoms with Crippen LogP contribution in [0.25, 0.3) is 16.8 Å². The van der Waals surface area contributed by atoms with Crippen LogP contribution >= 0.6 is 0 Å². The quantitative estimate of drug-likeness (QED) is 0.690. The lowest BCUT2D eigenvalue weighted by Gasteiger charge is -2.22. The lowest BCUT2D eigenvalue weighted by atomic mass is 9.89. The summed E-state index contributed by atoms with van der Waals surface area (Å²) in [6, 6.07) is 15.0. The predicted molar refractivity (Wildman–Crippen MR) is 91.4 cm³/mol. The number of hydrogen-bond acceptors (Lipinski definition) is 2. The molecule has 0 aliphatic heterocycles. The minimum Gasteiger partial charge on any atom is -0.252 e. The van der Waals surface area contributed by atoms with Gasteiger partial charge >= 0.3 is 0 Å². The summed E-state index contributed by atoms with van der Waals surface area (Å²) < 4.78 is 1.89. The van der Waals surface area contributed by atoms with E-state index < -0.39 is 0 Å². The third kappa shape index (κ3) is 3.61. The fourth-order valence-corrected chi connectivity index (χ4v) is 2.64. The molecular weight excluding hydrogens is 270 g/mol. The van der Waals surface area contributed by atoms with Gasteiger partial charge in [0, 0.05) is 6.54 Å². The van der Waals surface area contributed by atoms with Gasteiger partial charge in [0.2, 0.25) is 0 Å². The van der Waals surface area contributed by atoms with Crippen molar-refractivity contribution < 1.29 is 0 Å². The smallest absolute Gasteiger partial charge is 0.137 e. The van der Waals surface area contributed by atoms with Crippen molar-refractivity contribution in [1.82, 2.24) is 14.8 Å². The van der Waals surface area contributed by atoms with Crippen molar-refractivity contribution in [2.75, 3.05) is 0 Å². The molecule has 112 valence electrons. The fourth-order valence-electron chi connectivity index (χ4n) is 2.64. The van der Waals surface area contributed by atoms with Gasteiger partial charge < -0.3 is 0 Å². The lowest BCUT2D eigenvalue weighted by Crippen LogP contribution is -2.19. The number of nitrogens with zero attached hydrogens (tertiary/aromatic N) is 3. The number of aromatic nitrogens is 3. The zero-order valence-corrected chi connectivity index (χ0v) is 13.1. The molecule has 0 saturated carbocycles. The van der Waals surface area contributed by atoms with Crippen molar-refractivity contribution in [3.05, 3.63) is 66.8 Å². The SMILES string of the molecule is CC(C)(CC=Cc1ccc2ccccc2c1)Cn1cncn1. The molecule has 0 atom stereocenters. The third-order valence-corrected chi connectivity index (χ3v) is 3.81. The topological polar surface area (TPSA) is 30.7 Å². The van der Waals surface area contributed by atoms with Gasteiger partial charge in [-0.25, -0.2) is 4.98 Å². The van der Waals surface area contributed by atoms with Crippen LogP contribution in [0.4, 0.5) is 0 Å². The molecule has 0 N–H and O–H groups in total. The van der Waals surface area contributed by atoms with E-state index in [0.29, 0.717) is 0 Å². The van der Waals surface area contributed by atoms with Crippen LogP contribution in [0.2, 0.25) is 0 Å². The fraction of sp³-hybridized carbons (Fsp3) is 0.263. The Labute approximate surface area is 131 Å². The van der Waals surface area contributed by atoms with Crippen LogP contribution < -0.4 is 0 Å². The number of fused-ring (bicyclic) bond motifs is 1. The van der Waals surface area contributed by atoms with E-state index in [1.54, 1.807) is 12.7 Å². The first-order chi connectivity index (χ1) is 10.6. The Kier molecular flexibility index (Phi) is 4.05. The molecule has 22 heavy (non-hydrogen) atoms. The summed E-state index contributed by atoms with van der Waals surface area (Å²) in [5.41, 5.74) is 1.40. The molecule has 0 bridgehead atoms. The Morgan fingerprint density at radius 2 is 1.91 bits per heavy atom. The van der Waals surface area contributed by atoms with E-state index >= 15 is 0 Å². The van der Waals surface area contributed by atoms with Gasteiger partial charge in [-0.2, -0.15) is 5.10 Å². The zero-order chi connectivity index (χ0) is 15.4. The maximum Gasteiger partial charge on any atom is 0.137 e. The third-order valence-electron chi connectivity index (χ3n) is 3.81. The second kappa shape index (κ2) is 6.14. The largest absolute Gasteiger partial charge is 0.252 e. The second-order valence-corrected chi connectivity index (χ2v) is 6.47. The van der Waals surface area contributed by atoms with Crippen molar-refractivity contribution in [1.29, 1.82) is 0 Å². The molecule has 0 amide bonds. The molecule has 0 saturated heterocycles. The first-order valence-electron chi connectivity index (χ1n) is 7.60. The molecule has 3 aromatic rings. The van der Waals surface area contributed by atoms with Crippen molar-refractivity contribution in [3.8, 4) is 0 Å². The van der Waals surface area contributed by atoms with Crippen LogP contribution in [0, 0.1) is 5.41 Å². The van der Waals surface area contributed by atoms with Crippen molar-refractivity contribution in [2.24, 2.45) is 5.41 Å². The Morgan fingerprint density at radius 3 is 2.68 bits per heavy atom. The molecule has 1 heterocycles. The van der Waals surface area contributed by atoms with E-state index in [9.17, 15) is 0 Å². The number of benzene rings is 2. The first kappa shape index (κ1) is 14.5. The summed E-state index contributed by atoms with van der Waals surface area (Å²) >= 11 is 0. The molecule has 3 nitrogen and oxygen atoms in total. The van der Waals surface area contributed by atoms with E-state index in [-0.39, 0.29) is 5.41 Å². The summed E-state index contributed by atoms with van der Waals surface area (Å²) in [5, 5.41) is 6.75. The molecule has 0 unspecified atom stereocenters. The summed E-state index contributed by atoms with van der Waals surface area (Å²) in [5.74, 6) is 0. The Hall–Kier alpha value is -2.42. The maximum absolute atomic E-state index is 4.18. The monoisotopic (exact) mass is 291 g/mol. The average molecular weight is 291 g/mol. The molecule has 3 rings (SSSR count). The summed E-state index contributed by atoms with van der Waals surface area (Å²) in [6.07, 6.45) is 8.81. The normalized spacial score (nSPS) is 12.3. The van der Waals surface area contributed by atoms with Crippen LogP contribution in [0.1, 0.15) is 25.8 Å². The van der Waals surface area contributed by atoms with E-state index in [2.05, 4.69) is 78.5 Å². The van der Waals surface area contributed by atoms with E-state index in [1.807, 2.05) is 4.68 Å². The zero-order valence-electron chi connectivity index (χ0n) is 13.1. The standard InChI is InChI=1S/C19H21N3/c1-19(2,13-22-15-20-14-21-22)11-5-6-16-9-10-17-7-3-4-8-18(17)12-16/h3-10,12,14-15H,11,13H2,1-2H3. The summed E-state index contributed by atoms with van der Waals surface area (Å²) in [7, 11) is 0. The highest BCUT2D eigenvalue weighted by Gasteiger charge is 2.17. The second-order valence-electron chi connectivity index (χ2n) is 6.47. The van der Waals surface area contributed by atoms with Gasteiger partial charge in [-0.1, -0.05) is 62.4 Å². The van der Waals surface area contributed by atoms with Gasteiger partial charge in [0.05, 0.1) is 0 Å². The molecule has 0 radical (unpaired) electrons. The number of rotatable bonds is 5. The maximum atomic E-state index is 4.18. The Morgan fingerprint density at radius 1 is 1.09 bits per heavy atom. The Bertz CT molecular complexity index is 770. The van der Waals surface area contributed by atoms with E-state index in [1.165, 1.54) is 16.3 Å². The van der Waals surface area contributed by atoms with Crippen LogP contribution in [0.3, 0.4) is 0 Å². The highest BCUT2D eigenvalue weighted by Crippen LogP contribution is 2.24. The van der Waals surface area contributed by atoms with Crippen molar-refractivity contribution >= 4 is 16.8 Å². The molecule has 2 aromatic carbocycles. The molecule has 0 fully saturated rings. The molecular formula is C19H21N3. The van der Waals surface area contributed by atoms with Gasteiger partial charge in [-0.15, -0.1) is 0 Å². The Balaban J connectivity index is 1.67. The van der Waals surface area contributed by atoms with Crippen molar-refractivity contribution in [3.63, 3.8) is 0 Å². The van der Waals surface area contributed by atoms with Gasteiger partial charge in [0.15, 0.2) is 0 Å². The predicted octanol–water partition coefficient (Wildman–Crippen LogP) is 4.56. The van der Waals surface area contributed by atoms with Crippen LogP contribution in [0.5, 0.6) is 0 Å². The van der Waals surface area contributed by atoms with Gasteiger partial charge in [0.1, 0.15) is 12.7 Å². The van der Waals surface area contributed by atoms with E-state index in [0.717, 1.165) is 13.0 Å².